The molecule has 2 aromatic carbocycles. The normalized spacial score (nSPS) is 12.4. The minimum atomic E-state index is -0.677. The van der Waals surface area contributed by atoms with Gasteiger partial charge in [-0.2, -0.15) is 0 Å². The molecule has 1 unspecified atom stereocenters. The Labute approximate surface area is 111 Å². The Hall–Kier alpha value is -1.38. The lowest BCUT2D eigenvalue weighted by Crippen LogP contribution is -2.03. The highest BCUT2D eigenvalue weighted by Gasteiger charge is 2.11. The summed E-state index contributed by atoms with van der Waals surface area (Å²) < 4.78 is 13.2. The van der Waals surface area contributed by atoms with E-state index in [1.165, 1.54) is 12.1 Å². The van der Waals surface area contributed by atoms with Gasteiger partial charge >= 0.3 is 0 Å². The monoisotopic (exact) mass is 264 g/mol. The van der Waals surface area contributed by atoms with Gasteiger partial charge in [0.1, 0.15) is 5.82 Å². The molecule has 0 aromatic heterocycles. The van der Waals surface area contributed by atoms with Crippen molar-refractivity contribution in [2.45, 2.75) is 19.4 Å². The maximum atomic E-state index is 13.2. The van der Waals surface area contributed by atoms with Crippen molar-refractivity contribution in [1.29, 1.82) is 0 Å². The summed E-state index contributed by atoms with van der Waals surface area (Å²) >= 11 is 5.88. The van der Waals surface area contributed by atoms with E-state index in [0.717, 1.165) is 16.7 Å². The van der Waals surface area contributed by atoms with Gasteiger partial charge in [-0.1, -0.05) is 29.8 Å². The van der Waals surface area contributed by atoms with E-state index in [-0.39, 0.29) is 5.82 Å². The maximum absolute atomic E-state index is 13.2. The van der Waals surface area contributed by atoms with E-state index in [9.17, 15) is 9.50 Å². The summed E-state index contributed by atoms with van der Waals surface area (Å²) in [5.41, 5.74) is 2.52. The van der Waals surface area contributed by atoms with E-state index in [1.807, 2.05) is 13.0 Å². The molecule has 0 amide bonds. The Bertz CT molecular complexity index is 554. The van der Waals surface area contributed by atoms with Crippen molar-refractivity contribution in [3.8, 4) is 0 Å². The standard InChI is InChI=1S/C15H14ClFO/c1-10-5-6-14(17)8-12(10)9-15(18)11-3-2-4-13(16)7-11/h2-8,15,18H,9H2,1H3. The highest BCUT2D eigenvalue weighted by atomic mass is 35.5. The van der Waals surface area contributed by atoms with Crippen LogP contribution in [0.1, 0.15) is 22.8 Å². The highest BCUT2D eigenvalue weighted by Crippen LogP contribution is 2.23. The third-order valence-electron chi connectivity index (χ3n) is 2.96. The van der Waals surface area contributed by atoms with Gasteiger partial charge in [0.15, 0.2) is 0 Å². The van der Waals surface area contributed by atoms with E-state index in [0.29, 0.717) is 11.4 Å². The summed E-state index contributed by atoms with van der Waals surface area (Å²) in [5.74, 6) is -0.283. The fourth-order valence-corrected chi connectivity index (χ4v) is 2.10. The summed E-state index contributed by atoms with van der Waals surface area (Å²) in [5, 5.41) is 10.7. The number of rotatable bonds is 3. The van der Waals surface area contributed by atoms with Gasteiger partial charge in [-0.3, -0.25) is 0 Å². The summed E-state index contributed by atoms with van der Waals surface area (Å²) in [6, 6.07) is 11.7. The van der Waals surface area contributed by atoms with Crippen LogP contribution in [-0.2, 0) is 6.42 Å². The van der Waals surface area contributed by atoms with Gasteiger partial charge in [0, 0.05) is 11.4 Å². The molecule has 0 aliphatic carbocycles. The van der Waals surface area contributed by atoms with Gasteiger partial charge in [0.05, 0.1) is 6.10 Å². The van der Waals surface area contributed by atoms with Crippen LogP contribution in [0, 0.1) is 12.7 Å². The smallest absolute Gasteiger partial charge is 0.123 e. The third kappa shape index (κ3) is 3.09. The molecule has 0 saturated carbocycles. The van der Waals surface area contributed by atoms with Crippen LogP contribution < -0.4 is 0 Å². The Morgan fingerprint density at radius 2 is 2.00 bits per heavy atom. The zero-order chi connectivity index (χ0) is 13.1. The summed E-state index contributed by atoms with van der Waals surface area (Å²) in [6.45, 7) is 1.90. The maximum Gasteiger partial charge on any atom is 0.123 e. The first-order valence-electron chi connectivity index (χ1n) is 5.75. The number of aliphatic hydroxyl groups excluding tert-OH is 1. The number of aryl methyl sites for hydroxylation is 1. The average molecular weight is 265 g/mol. The second-order valence-corrected chi connectivity index (χ2v) is 4.78. The van der Waals surface area contributed by atoms with Gasteiger partial charge in [-0.15, -0.1) is 0 Å². The molecule has 1 N–H and O–H groups in total. The van der Waals surface area contributed by atoms with Crippen molar-refractivity contribution in [2.75, 3.05) is 0 Å². The van der Waals surface area contributed by atoms with Crippen LogP contribution in [0.15, 0.2) is 42.5 Å². The first-order valence-corrected chi connectivity index (χ1v) is 6.12. The fraction of sp³-hybridized carbons (Fsp3) is 0.200. The van der Waals surface area contributed by atoms with Crippen LogP contribution in [0.4, 0.5) is 4.39 Å². The van der Waals surface area contributed by atoms with Gasteiger partial charge < -0.3 is 5.11 Å². The number of halogens is 2. The molecule has 18 heavy (non-hydrogen) atoms. The van der Waals surface area contributed by atoms with Crippen molar-refractivity contribution in [1.82, 2.24) is 0 Å². The SMILES string of the molecule is Cc1ccc(F)cc1CC(O)c1cccc(Cl)c1. The first kappa shape index (κ1) is 13.1. The fourth-order valence-electron chi connectivity index (χ4n) is 1.90. The molecule has 2 rings (SSSR count). The van der Waals surface area contributed by atoms with Crippen molar-refractivity contribution in [3.05, 3.63) is 70.0 Å². The van der Waals surface area contributed by atoms with Crippen molar-refractivity contribution < 1.29 is 9.50 Å². The van der Waals surface area contributed by atoms with Gasteiger partial charge in [-0.25, -0.2) is 4.39 Å². The van der Waals surface area contributed by atoms with Gasteiger partial charge in [0.2, 0.25) is 0 Å². The summed E-state index contributed by atoms with van der Waals surface area (Å²) in [7, 11) is 0. The van der Waals surface area contributed by atoms with Crippen LogP contribution in [0.5, 0.6) is 0 Å². The number of hydrogen-bond acceptors (Lipinski definition) is 1. The Morgan fingerprint density at radius 1 is 1.22 bits per heavy atom. The number of benzene rings is 2. The molecule has 0 bridgehead atoms. The van der Waals surface area contributed by atoms with Crippen LogP contribution in [0.3, 0.4) is 0 Å². The average Bonchev–Trinajstić information content (AvgIpc) is 2.34. The number of hydrogen-bond donors (Lipinski definition) is 1. The van der Waals surface area contributed by atoms with E-state index < -0.39 is 6.10 Å². The summed E-state index contributed by atoms with van der Waals surface area (Å²) in [4.78, 5) is 0. The minimum Gasteiger partial charge on any atom is -0.388 e. The Kier molecular flexibility index (Phi) is 4.00. The van der Waals surface area contributed by atoms with Gasteiger partial charge in [-0.05, 0) is 47.9 Å². The quantitative estimate of drug-likeness (QED) is 0.886. The molecule has 0 saturated heterocycles. The highest BCUT2D eigenvalue weighted by molar-refractivity contribution is 6.30. The van der Waals surface area contributed by atoms with Crippen LogP contribution >= 0.6 is 11.6 Å². The van der Waals surface area contributed by atoms with Crippen LogP contribution in [0.2, 0.25) is 5.02 Å². The molecule has 1 nitrogen and oxygen atoms in total. The molecule has 0 heterocycles. The second kappa shape index (κ2) is 5.51. The van der Waals surface area contributed by atoms with Crippen molar-refractivity contribution in [2.24, 2.45) is 0 Å². The lowest BCUT2D eigenvalue weighted by molar-refractivity contribution is 0.178. The molecule has 94 valence electrons. The zero-order valence-corrected chi connectivity index (χ0v) is 10.8. The largest absolute Gasteiger partial charge is 0.388 e. The van der Waals surface area contributed by atoms with E-state index in [2.05, 4.69) is 0 Å². The zero-order valence-electron chi connectivity index (χ0n) is 10.0. The van der Waals surface area contributed by atoms with Gasteiger partial charge in [0.25, 0.3) is 0 Å². The van der Waals surface area contributed by atoms with E-state index in [1.54, 1.807) is 24.3 Å². The second-order valence-electron chi connectivity index (χ2n) is 4.35. The molecule has 0 spiro atoms. The Morgan fingerprint density at radius 3 is 2.72 bits per heavy atom. The molecule has 0 radical (unpaired) electrons. The van der Waals surface area contributed by atoms with E-state index >= 15 is 0 Å². The third-order valence-corrected chi connectivity index (χ3v) is 3.19. The molecule has 1 atom stereocenters. The molecule has 0 aliphatic heterocycles. The Balaban J connectivity index is 2.21. The molecular formula is C15H14ClFO. The lowest BCUT2D eigenvalue weighted by Gasteiger charge is -2.13. The van der Waals surface area contributed by atoms with Crippen molar-refractivity contribution >= 4 is 11.6 Å². The molecular weight excluding hydrogens is 251 g/mol. The molecule has 2 aromatic rings. The molecule has 0 aliphatic rings. The topological polar surface area (TPSA) is 20.2 Å². The lowest BCUT2D eigenvalue weighted by atomic mass is 9.98. The number of aliphatic hydroxyl groups is 1. The van der Waals surface area contributed by atoms with E-state index in [4.69, 9.17) is 11.6 Å². The summed E-state index contributed by atoms with van der Waals surface area (Å²) in [6.07, 6.45) is -0.298. The predicted octanol–water partition coefficient (Wildman–Crippen LogP) is 4.06. The predicted molar refractivity (Wildman–Crippen MR) is 71.3 cm³/mol. The van der Waals surface area contributed by atoms with Crippen molar-refractivity contribution in [3.63, 3.8) is 0 Å². The van der Waals surface area contributed by atoms with Crippen LogP contribution in [-0.4, -0.2) is 5.11 Å². The molecule has 3 heteroatoms. The molecule has 0 fully saturated rings. The first-order chi connectivity index (χ1) is 8.56. The van der Waals surface area contributed by atoms with Crippen LogP contribution in [0.25, 0.3) is 0 Å². The minimum absolute atomic E-state index is 0.283.